The van der Waals surface area contributed by atoms with Crippen LogP contribution in [0, 0.1) is 5.82 Å². The molecule has 9 nitrogen and oxygen atoms in total. The third-order valence-electron chi connectivity index (χ3n) is 6.36. The van der Waals surface area contributed by atoms with Gasteiger partial charge in [0.25, 0.3) is 5.91 Å². The largest absolute Gasteiger partial charge is 0.378 e. The third-order valence-corrected chi connectivity index (χ3v) is 7.12. The zero-order chi connectivity index (χ0) is 25.9. The first-order valence-electron chi connectivity index (χ1n) is 11.9. The highest BCUT2D eigenvalue weighted by Crippen LogP contribution is 2.30. The molecule has 3 aliphatic rings. The highest BCUT2D eigenvalue weighted by molar-refractivity contribution is 6.36. The molecule has 0 radical (unpaired) electrons. The van der Waals surface area contributed by atoms with E-state index < -0.39 is 5.82 Å². The Labute approximate surface area is 223 Å². The number of nitrogens with one attached hydrogen (secondary N) is 3. The second-order valence-corrected chi connectivity index (χ2v) is 9.54. The van der Waals surface area contributed by atoms with Gasteiger partial charge in [-0.25, -0.2) is 15.2 Å². The lowest BCUT2D eigenvalue weighted by molar-refractivity contribution is -0.655. The van der Waals surface area contributed by atoms with Gasteiger partial charge in [0.2, 0.25) is 5.70 Å². The lowest BCUT2D eigenvalue weighted by atomic mass is 10.1. The number of ether oxygens (including phenoxy) is 1. The third kappa shape index (κ3) is 5.52. The second kappa shape index (κ2) is 11.0. The molecule has 194 valence electrons. The van der Waals surface area contributed by atoms with Crippen molar-refractivity contribution in [3.8, 4) is 0 Å². The summed E-state index contributed by atoms with van der Waals surface area (Å²) in [6.07, 6.45) is 1.75. The number of carbonyl (C=O) groups is 2. The Morgan fingerprint density at radius 2 is 1.95 bits per heavy atom. The molecule has 5 rings (SSSR count). The molecule has 37 heavy (non-hydrogen) atoms. The summed E-state index contributed by atoms with van der Waals surface area (Å²) in [4.78, 5) is 29.7. The normalized spacial score (nSPS) is 17.4. The van der Waals surface area contributed by atoms with Gasteiger partial charge in [0.05, 0.1) is 23.9 Å². The number of anilines is 1. The number of rotatable bonds is 5. The molecular weight excluding hydrogens is 522 g/mol. The van der Waals surface area contributed by atoms with Crippen LogP contribution in [0.4, 0.5) is 10.1 Å². The molecule has 0 aliphatic carbocycles. The lowest BCUT2D eigenvalue weighted by Gasteiger charge is -2.35. The molecule has 12 heteroatoms. The van der Waals surface area contributed by atoms with Gasteiger partial charge < -0.3 is 25.2 Å². The van der Waals surface area contributed by atoms with E-state index in [1.54, 1.807) is 40.7 Å². The first-order valence-corrected chi connectivity index (χ1v) is 12.6. The van der Waals surface area contributed by atoms with E-state index in [0.29, 0.717) is 66.9 Å². The topological polar surface area (TPSA) is 103 Å². The second-order valence-electron chi connectivity index (χ2n) is 8.76. The van der Waals surface area contributed by atoms with Crippen LogP contribution >= 0.6 is 23.2 Å². The van der Waals surface area contributed by atoms with Crippen LogP contribution in [0.25, 0.3) is 0 Å². The first kappa shape index (κ1) is 25.3. The number of halogens is 3. The number of carbonyl (C=O) groups excluding carboxylic acids is 2. The van der Waals surface area contributed by atoms with E-state index >= 15 is 0 Å². The SMILES string of the molecule is O=C(Nc1cccc(C(=O)N2CCOCC2)c1)C1=CC2=C(NCCN2Cc2c(Cl)ccc(F)c2Cl)N[NH2+]1. The van der Waals surface area contributed by atoms with Gasteiger partial charge in [-0.3, -0.25) is 9.59 Å². The van der Waals surface area contributed by atoms with Gasteiger partial charge in [-0.15, -0.1) is 0 Å². The molecule has 1 fully saturated rings. The van der Waals surface area contributed by atoms with Crippen LogP contribution in [0.15, 0.2) is 59.7 Å². The minimum absolute atomic E-state index is 0.0167. The maximum atomic E-state index is 14.1. The maximum absolute atomic E-state index is 14.1. The van der Waals surface area contributed by atoms with E-state index in [9.17, 15) is 14.0 Å². The Bertz CT molecular complexity index is 1300. The van der Waals surface area contributed by atoms with Gasteiger partial charge in [-0.1, -0.05) is 29.3 Å². The lowest BCUT2D eigenvalue weighted by Crippen LogP contribution is -2.94. The maximum Gasteiger partial charge on any atom is 0.312 e. The summed E-state index contributed by atoms with van der Waals surface area (Å²) in [5.74, 6) is -0.254. The van der Waals surface area contributed by atoms with Crippen molar-refractivity contribution in [2.45, 2.75) is 6.54 Å². The Kier molecular flexibility index (Phi) is 7.52. The molecule has 5 N–H and O–H groups in total. The highest BCUT2D eigenvalue weighted by Gasteiger charge is 2.29. The van der Waals surface area contributed by atoms with Gasteiger partial charge in [-0.05, 0) is 30.3 Å². The predicted octanol–water partition coefficient (Wildman–Crippen LogP) is 1.78. The fourth-order valence-electron chi connectivity index (χ4n) is 4.39. The summed E-state index contributed by atoms with van der Waals surface area (Å²) in [6.45, 7) is 3.62. The molecule has 0 unspecified atom stereocenters. The molecule has 2 amide bonds. The molecule has 0 aromatic heterocycles. The molecule has 3 aliphatic heterocycles. The van der Waals surface area contributed by atoms with Crippen molar-refractivity contribution >= 4 is 40.7 Å². The van der Waals surface area contributed by atoms with Crippen molar-refractivity contribution in [2.24, 2.45) is 0 Å². The molecule has 3 heterocycles. The molecule has 2 aromatic rings. The average Bonchev–Trinajstić information content (AvgIpc) is 2.93. The van der Waals surface area contributed by atoms with Crippen molar-refractivity contribution in [1.29, 1.82) is 0 Å². The molecule has 1 saturated heterocycles. The molecule has 2 aromatic carbocycles. The van der Waals surface area contributed by atoms with Crippen molar-refractivity contribution in [2.75, 3.05) is 44.7 Å². The number of benzene rings is 2. The zero-order valence-corrected chi connectivity index (χ0v) is 21.3. The number of morpholine rings is 1. The van der Waals surface area contributed by atoms with Crippen LogP contribution in [0.1, 0.15) is 15.9 Å². The first-order chi connectivity index (χ1) is 17.9. The molecule has 0 atom stereocenters. The number of hydrogen-bond donors (Lipinski definition) is 4. The molecule has 0 spiro atoms. The number of nitrogens with two attached hydrogens (primary N) is 1. The molecular formula is C25H26Cl2FN6O3+. The van der Waals surface area contributed by atoms with Crippen LogP contribution in [0.2, 0.25) is 10.0 Å². The Hall–Kier alpha value is -3.31. The number of allylic oxidation sites excluding steroid dienone is 1. The van der Waals surface area contributed by atoms with E-state index in [1.165, 1.54) is 12.1 Å². The van der Waals surface area contributed by atoms with Crippen molar-refractivity contribution in [3.63, 3.8) is 0 Å². The summed E-state index contributed by atoms with van der Waals surface area (Å²) in [7, 11) is 0. The average molecular weight is 548 g/mol. The van der Waals surface area contributed by atoms with Gasteiger partial charge in [0, 0.05) is 60.6 Å². The summed E-state index contributed by atoms with van der Waals surface area (Å²) in [5, 5.41) is 6.49. The molecule has 0 bridgehead atoms. The Balaban J connectivity index is 1.32. The van der Waals surface area contributed by atoms with Crippen LogP contribution in [-0.2, 0) is 16.1 Å². The predicted molar refractivity (Wildman–Crippen MR) is 137 cm³/mol. The number of nitrogens with zero attached hydrogens (tertiary/aromatic N) is 2. The van der Waals surface area contributed by atoms with Crippen LogP contribution in [0.3, 0.4) is 0 Å². The summed E-state index contributed by atoms with van der Waals surface area (Å²) in [5.41, 5.74) is 7.33. The van der Waals surface area contributed by atoms with Crippen molar-refractivity contribution in [3.05, 3.63) is 86.7 Å². The van der Waals surface area contributed by atoms with Crippen LogP contribution < -0.4 is 21.5 Å². The monoisotopic (exact) mass is 547 g/mol. The standard InChI is InChI=1S/C25H25Cl2FN6O3/c26-18-4-5-19(28)22(27)17(18)14-34-7-6-29-23-21(34)13-20(31-32-23)24(35)30-16-3-1-2-15(12-16)25(36)33-8-10-37-11-9-33/h1-5,12-13,29,31-32H,6-11,14H2,(H,30,35)/p+1. The highest BCUT2D eigenvalue weighted by atomic mass is 35.5. The molecule has 0 saturated carbocycles. The van der Waals surface area contributed by atoms with Gasteiger partial charge in [0.1, 0.15) is 5.82 Å². The van der Waals surface area contributed by atoms with Crippen molar-refractivity contribution in [1.82, 2.24) is 20.5 Å². The van der Waals surface area contributed by atoms with Crippen LogP contribution in [0.5, 0.6) is 0 Å². The van der Waals surface area contributed by atoms with Gasteiger partial charge in [0.15, 0.2) is 5.82 Å². The minimum Gasteiger partial charge on any atom is -0.378 e. The number of quaternary nitrogens is 1. The van der Waals surface area contributed by atoms with Gasteiger partial charge in [-0.2, -0.15) is 0 Å². The summed E-state index contributed by atoms with van der Waals surface area (Å²) in [6, 6.07) is 9.58. The van der Waals surface area contributed by atoms with E-state index in [1.807, 2.05) is 4.90 Å². The van der Waals surface area contributed by atoms with E-state index in [4.69, 9.17) is 27.9 Å². The van der Waals surface area contributed by atoms with E-state index in [-0.39, 0.29) is 23.4 Å². The summed E-state index contributed by atoms with van der Waals surface area (Å²) >= 11 is 12.5. The van der Waals surface area contributed by atoms with Crippen molar-refractivity contribution < 1.29 is 24.1 Å². The quantitative estimate of drug-likeness (QED) is 0.336. The van der Waals surface area contributed by atoms with E-state index in [0.717, 1.165) is 11.5 Å². The number of amides is 2. The van der Waals surface area contributed by atoms with E-state index in [2.05, 4.69) is 16.1 Å². The number of hydrogen-bond acceptors (Lipinski definition) is 6. The fraction of sp³-hybridized carbons (Fsp3) is 0.280. The summed E-state index contributed by atoms with van der Waals surface area (Å²) < 4.78 is 19.4. The zero-order valence-electron chi connectivity index (χ0n) is 19.8. The fourth-order valence-corrected chi connectivity index (χ4v) is 4.88. The smallest absolute Gasteiger partial charge is 0.312 e. The van der Waals surface area contributed by atoms with Crippen LogP contribution in [-0.4, -0.2) is 61.0 Å². The minimum atomic E-state index is -0.537. The Morgan fingerprint density at radius 3 is 2.76 bits per heavy atom. The Morgan fingerprint density at radius 1 is 1.14 bits per heavy atom. The van der Waals surface area contributed by atoms with Gasteiger partial charge >= 0.3 is 5.91 Å².